The molecule has 8 rings (SSSR count). The molecule has 0 unspecified atom stereocenters. The zero-order valence-corrected chi connectivity index (χ0v) is 21.1. The van der Waals surface area contributed by atoms with E-state index < -0.39 is 0 Å². The molecule has 0 amide bonds. The molecule has 0 saturated carbocycles. The molecule has 2 heterocycles. The largest absolute Gasteiger partial charge is 0.289 e. The number of carbonyl (C=O) groups excluding carboxylic acids is 1. The van der Waals surface area contributed by atoms with E-state index in [4.69, 9.17) is 10.2 Å². The average molecular weight is 517 g/mol. The van der Waals surface area contributed by atoms with Gasteiger partial charge < -0.3 is 0 Å². The summed E-state index contributed by atoms with van der Waals surface area (Å²) in [5.74, 6) is -0.0627. The molecule has 0 radical (unpaired) electrons. The summed E-state index contributed by atoms with van der Waals surface area (Å²) in [5.41, 5.74) is 6.12. The van der Waals surface area contributed by atoms with Gasteiger partial charge in [-0.1, -0.05) is 60.7 Å². The Bertz CT molecular complexity index is 2070. The van der Waals surface area contributed by atoms with Crippen molar-refractivity contribution in [1.29, 1.82) is 0 Å². The van der Waals surface area contributed by atoms with E-state index in [0.29, 0.717) is 11.1 Å². The van der Waals surface area contributed by atoms with Crippen molar-refractivity contribution in [2.75, 3.05) is 0 Å². The Morgan fingerprint density at radius 1 is 0.450 bits per heavy atom. The number of nitrogens with zero attached hydrogens (tertiary/aromatic N) is 6. The fourth-order valence-corrected chi connectivity index (χ4v) is 5.19. The smallest absolute Gasteiger partial charge is 0.193 e. The van der Waals surface area contributed by atoms with Crippen LogP contribution in [0.3, 0.4) is 0 Å². The molecule has 40 heavy (non-hydrogen) atoms. The number of fused-ring (bicyclic) bond motifs is 6. The van der Waals surface area contributed by atoms with Crippen molar-refractivity contribution < 1.29 is 4.79 Å². The molecule has 0 atom stereocenters. The van der Waals surface area contributed by atoms with Crippen molar-refractivity contribution in [2.45, 2.75) is 0 Å². The van der Waals surface area contributed by atoms with Gasteiger partial charge in [0.05, 0.1) is 11.4 Å². The summed E-state index contributed by atoms with van der Waals surface area (Å²) in [6, 6.07) is 39.0. The third kappa shape index (κ3) is 3.56. The molecule has 0 aliphatic rings. The van der Waals surface area contributed by atoms with Crippen LogP contribution in [0.25, 0.3) is 55.0 Å². The molecule has 0 bridgehead atoms. The minimum absolute atomic E-state index is 0.0627. The quantitative estimate of drug-likeness (QED) is 0.244. The summed E-state index contributed by atoms with van der Waals surface area (Å²) in [6.45, 7) is 0. The Balaban J connectivity index is 1.06. The molecule has 0 N–H and O–H groups in total. The summed E-state index contributed by atoms with van der Waals surface area (Å²) < 4.78 is 0. The Morgan fingerprint density at radius 3 is 1.32 bits per heavy atom. The maximum Gasteiger partial charge on any atom is 0.193 e. The first-order chi connectivity index (χ1) is 19.7. The highest BCUT2D eigenvalue weighted by Crippen LogP contribution is 2.25. The van der Waals surface area contributed by atoms with Gasteiger partial charge in [-0.15, -0.1) is 20.4 Å². The fourth-order valence-electron chi connectivity index (χ4n) is 5.19. The van der Waals surface area contributed by atoms with Crippen molar-refractivity contribution in [1.82, 2.24) is 30.0 Å². The van der Waals surface area contributed by atoms with E-state index in [-0.39, 0.29) is 5.78 Å². The first-order valence-corrected chi connectivity index (χ1v) is 13.0. The van der Waals surface area contributed by atoms with Crippen LogP contribution in [0.15, 0.2) is 121 Å². The predicted octanol–water partition coefficient (Wildman–Crippen LogP) is 6.69. The third-order valence-electron chi connectivity index (χ3n) is 7.27. The molecule has 0 fully saturated rings. The fraction of sp³-hybridized carbons (Fsp3) is 0. The molecule has 7 nitrogen and oxygen atoms in total. The van der Waals surface area contributed by atoms with Crippen LogP contribution in [0.5, 0.6) is 0 Å². The second-order valence-corrected chi connectivity index (χ2v) is 9.71. The molecule has 0 aliphatic heterocycles. The maximum absolute atomic E-state index is 13.2. The Morgan fingerprint density at radius 2 is 0.875 bits per heavy atom. The van der Waals surface area contributed by atoms with Crippen LogP contribution in [0.1, 0.15) is 15.9 Å². The lowest BCUT2D eigenvalue weighted by Crippen LogP contribution is -2.04. The van der Waals surface area contributed by atoms with E-state index in [1.165, 1.54) is 0 Å². The Kier molecular flexibility index (Phi) is 4.84. The highest BCUT2D eigenvalue weighted by molar-refractivity contribution is 6.09. The number of carbonyl (C=O) groups is 1. The predicted molar refractivity (Wildman–Crippen MR) is 156 cm³/mol. The summed E-state index contributed by atoms with van der Waals surface area (Å²) in [6.07, 6.45) is 0. The van der Waals surface area contributed by atoms with E-state index in [1.54, 1.807) is 9.59 Å². The van der Waals surface area contributed by atoms with Gasteiger partial charge in [-0.3, -0.25) is 4.79 Å². The van der Waals surface area contributed by atoms with Crippen molar-refractivity contribution in [3.05, 3.63) is 132 Å². The maximum atomic E-state index is 13.2. The van der Waals surface area contributed by atoms with Gasteiger partial charge in [0.15, 0.2) is 5.78 Å². The molecule has 0 spiro atoms. The molecule has 0 saturated heterocycles. The van der Waals surface area contributed by atoms with Gasteiger partial charge in [0.2, 0.25) is 0 Å². The van der Waals surface area contributed by atoms with Gasteiger partial charge in [-0.2, -0.15) is 9.59 Å². The zero-order valence-electron chi connectivity index (χ0n) is 21.1. The van der Waals surface area contributed by atoms with E-state index in [1.807, 2.05) is 84.9 Å². The normalized spacial score (nSPS) is 11.6. The van der Waals surface area contributed by atoms with E-state index in [9.17, 15) is 4.79 Å². The van der Waals surface area contributed by atoms with Crippen molar-refractivity contribution in [3.63, 3.8) is 0 Å². The van der Waals surface area contributed by atoms with Crippen LogP contribution in [-0.4, -0.2) is 35.8 Å². The molecular weight excluding hydrogens is 496 g/mol. The minimum atomic E-state index is -0.0627. The summed E-state index contributed by atoms with van der Waals surface area (Å²) in [5, 5.41) is 23.1. The van der Waals surface area contributed by atoms with Gasteiger partial charge in [-0.05, 0) is 71.4 Å². The molecule has 6 aromatic carbocycles. The first kappa shape index (κ1) is 22.3. The van der Waals surface area contributed by atoms with Crippen LogP contribution in [0, 0.1) is 0 Å². The molecule has 188 valence electrons. The zero-order chi connectivity index (χ0) is 26.6. The molecule has 2 aromatic heterocycles. The molecule has 8 aromatic rings. The Hall–Kier alpha value is -5.69. The van der Waals surface area contributed by atoms with Crippen LogP contribution in [0.4, 0.5) is 0 Å². The monoisotopic (exact) mass is 516 g/mol. The Labute approximate surface area is 227 Å². The molecule has 0 aliphatic carbocycles. The van der Waals surface area contributed by atoms with Crippen LogP contribution in [0.2, 0.25) is 0 Å². The number of rotatable bonds is 4. The topological polar surface area (TPSA) is 78.5 Å². The number of hydrogen-bond donors (Lipinski definition) is 0. The van der Waals surface area contributed by atoms with Gasteiger partial charge in [-0.25, -0.2) is 0 Å². The van der Waals surface area contributed by atoms with Gasteiger partial charge in [0.1, 0.15) is 22.1 Å². The number of hydrogen-bond acceptors (Lipinski definition) is 5. The lowest BCUT2D eigenvalue weighted by molar-refractivity contribution is 0.103. The highest BCUT2D eigenvalue weighted by atomic mass is 16.1. The summed E-state index contributed by atoms with van der Waals surface area (Å²) in [4.78, 5) is 16.5. The molecular formula is C33H20N6O. The number of ketones is 1. The second-order valence-electron chi connectivity index (χ2n) is 9.71. The number of aromatic nitrogens is 6. The summed E-state index contributed by atoms with van der Waals surface area (Å²) >= 11 is 0. The van der Waals surface area contributed by atoms with Crippen molar-refractivity contribution >= 4 is 49.4 Å². The van der Waals surface area contributed by atoms with E-state index in [0.717, 1.165) is 55.0 Å². The van der Waals surface area contributed by atoms with Crippen LogP contribution in [-0.2, 0) is 0 Å². The lowest BCUT2D eigenvalue weighted by atomic mass is 10.0. The highest BCUT2D eigenvalue weighted by Gasteiger charge is 2.13. The summed E-state index contributed by atoms with van der Waals surface area (Å²) in [7, 11) is 0. The third-order valence-corrected chi connectivity index (χ3v) is 7.27. The second kappa shape index (κ2) is 8.68. The molecule has 7 heteroatoms. The van der Waals surface area contributed by atoms with E-state index >= 15 is 0 Å². The standard InChI is InChI=1S/C33H20N6O/c40-33(23-9-15-25(16-10-23)38-34-29-19-13-21-5-1-3-7-27(21)31(29)36-38)24-11-17-26(18-12-24)39-35-30-20-14-22-6-2-4-8-28(22)32(30)37-39/h1-20H. The van der Waals surface area contributed by atoms with Crippen LogP contribution >= 0.6 is 0 Å². The van der Waals surface area contributed by atoms with Gasteiger partial charge >= 0.3 is 0 Å². The van der Waals surface area contributed by atoms with E-state index in [2.05, 4.69) is 46.6 Å². The minimum Gasteiger partial charge on any atom is -0.289 e. The lowest BCUT2D eigenvalue weighted by Gasteiger charge is -2.05. The SMILES string of the molecule is O=C(c1ccc(-n2nc3ccc4ccccc4c3n2)cc1)c1ccc(-n2nc3ccc4ccccc4c3n2)cc1. The van der Waals surface area contributed by atoms with Crippen LogP contribution < -0.4 is 0 Å². The van der Waals surface area contributed by atoms with Gasteiger partial charge in [0.25, 0.3) is 0 Å². The van der Waals surface area contributed by atoms with Crippen molar-refractivity contribution in [2.24, 2.45) is 0 Å². The van der Waals surface area contributed by atoms with Gasteiger partial charge in [0, 0.05) is 21.9 Å². The van der Waals surface area contributed by atoms with Crippen molar-refractivity contribution in [3.8, 4) is 11.4 Å². The first-order valence-electron chi connectivity index (χ1n) is 13.0. The average Bonchev–Trinajstić information content (AvgIpc) is 3.66. The number of benzene rings is 6.